The highest BCUT2D eigenvalue weighted by Gasteiger charge is 2.44. The van der Waals surface area contributed by atoms with Crippen molar-refractivity contribution in [2.24, 2.45) is 0 Å². The third-order valence-corrected chi connectivity index (χ3v) is 4.67. The van der Waals surface area contributed by atoms with Crippen molar-refractivity contribution in [3.63, 3.8) is 0 Å². The fourth-order valence-electron chi connectivity index (χ4n) is 2.76. The number of carbonyl (C=O) groups is 1. The van der Waals surface area contributed by atoms with Gasteiger partial charge in [-0.2, -0.15) is 0 Å². The molecule has 0 aliphatic carbocycles. The van der Waals surface area contributed by atoms with Crippen molar-refractivity contribution in [2.75, 3.05) is 27.3 Å². The summed E-state index contributed by atoms with van der Waals surface area (Å²) in [5.41, 5.74) is 0.269. The Morgan fingerprint density at radius 1 is 1.00 bits per heavy atom. The Bertz CT molecular complexity index is 622. The average Bonchev–Trinajstić information content (AvgIpc) is 2.64. The van der Waals surface area contributed by atoms with Crippen molar-refractivity contribution >= 4 is 5.97 Å². The normalized spacial score (nSPS) is 12.3. The lowest BCUT2D eigenvalue weighted by atomic mass is 9.86. The average molecular weight is 378 g/mol. The Labute approximate surface area is 162 Å². The standard InChI is InChI=1S/C21H27NO3.ClH/c1-17(2)22(3)15-16-25-20(23)21(24-4,18-11-7-5-8-12-18)19-13-9-6-10-14-19;/h5-14,17H,15-16H2,1-4H3;1H. The van der Waals surface area contributed by atoms with Crippen molar-refractivity contribution in [1.82, 2.24) is 0 Å². The molecule has 2 aromatic rings. The van der Waals surface area contributed by atoms with Crippen LogP contribution in [0.15, 0.2) is 60.7 Å². The third-order valence-electron chi connectivity index (χ3n) is 4.67. The predicted octanol–water partition coefficient (Wildman–Crippen LogP) is -0.953. The van der Waals surface area contributed by atoms with E-state index in [0.717, 1.165) is 17.7 Å². The fraction of sp³-hybridized carbons (Fsp3) is 0.381. The van der Waals surface area contributed by atoms with Gasteiger partial charge in [-0.3, -0.25) is 0 Å². The zero-order valence-electron chi connectivity index (χ0n) is 15.9. The Morgan fingerprint density at radius 3 is 1.85 bits per heavy atom. The minimum Gasteiger partial charge on any atom is -1.00 e. The number of benzene rings is 2. The number of quaternary nitrogens is 1. The highest BCUT2D eigenvalue weighted by molar-refractivity contribution is 5.85. The van der Waals surface area contributed by atoms with E-state index in [2.05, 4.69) is 20.9 Å². The zero-order chi connectivity index (χ0) is 18.3. The summed E-state index contributed by atoms with van der Waals surface area (Å²) in [6.07, 6.45) is 0. The maximum Gasteiger partial charge on any atom is 0.348 e. The van der Waals surface area contributed by atoms with E-state index in [1.807, 2.05) is 60.7 Å². The summed E-state index contributed by atoms with van der Waals surface area (Å²) in [6, 6.07) is 19.5. The van der Waals surface area contributed by atoms with Crippen molar-refractivity contribution in [3.8, 4) is 0 Å². The van der Waals surface area contributed by atoms with Gasteiger partial charge >= 0.3 is 5.97 Å². The molecule has 0 amide bonds. The van der Waals surface area contributed by atoms with Crippen molar-refractivity contribution < 1.29 is 31.6 Å². The molecule has 0 heterocycles. The van der Waals surface area contributed by atoms with E-state index in [4.69, 9.17) is 9.47 Å². The second-order valence-electron chi connectivity index (χ2n) is 6.50. The number of esters is 1. The second-order valence-corrected chi connectivity index (χ2v) is 6.50. The van der Waals surface area contributed by atoms with Gasteiger partial charge in [-0.1, -0.05) is 60.7 Å². The van der Waals surface area contributed by atoms with Gasteiger partial charge in [0.2, 0.25) is 5.60 Å². The largest absolute Gasteiger partial charge is 1.00 e. The molecule has 0 aromatic heterocycles. The van der Waals surface area contributed by atoms with Crippen LogP contribution in [-0.2, 0) is 19.9 Å². The van der Waals surface area contributed by atoms with Gasteiger partial charge in [-0.15, -0.1) is 0 Å². The minimum atomic E-state index is -1.26. The summed E-state index contributed by atoms with van der Waals surface area (Å²) < 4.78 is 11.4. The third kappa shape index (κ3) is 4.85. The topological polar surface area (TPSA) is 40.0 Å². The van der Waals surface area contributed by atoms with E-state index >= 15 is 0 Å². The van der Waals surface area contributed by atoms with Gasteiger partial charge in [0.05, 0.1) is 13.1 Å². The van der Waals surface area contributed by atoms with Crippen molar-refractivity contribution in [3.05, 3.63) is 71.8 Å². The Balaban J connectivity index is 0.00000338. The highest BCUT2D eigenvalue weighted by atomic mass is 35.5. The first-order chi connectivity index (χ1) is 12.0. The number of methoxy groups -OCH3 is 1. The zero-order valence-corrected chi connectivity index (χ0v) is 16.6. The molecular weight excluding hydrogens is 350 g/mol. The van der Waals surface area contributed by atoms with Gasteiger partial charge in [0.15, 0.2) is 0 Å². The molecule has 26 heavy (non-hydrogen) atoms. The van der Waals surface area contributed by atoms with Crippen LogP contribution in [-0.4, -0.2) is 39.3 Å². The van der Waals surface area contributed by atoms with Crippen molar-refractivity contribution in [1.29, 1.82) is 0 Å². The monoisotopic (exact) mass is 377 g/mol. The number of carbonyl (C=O) groups excluding carboxylic acids is 1. The number of halogens is 1. The van der Waals surface area contributed by atoms with Gasteiger partial charge in [-0.25, -0.2) is 4.79 Å². The number of hydrogen-bond acceptors (Lipinski definition) is 3. The second kappa shape index (κ2) is 10.3. The van der Waals surface area contributed by atoms with Gasteiger partial charge in [0.25, 0.3) is 0 Å². The smallest absolute Gasteiger partial charge is 0.348 e. The number of nitrogens with one attached hydrogen (secondary N) is 1. The van der Waals surface area contributed by atoms with Crippen LogP contribution < -0.4 is 17.3 Å². The van der Waals surface area contributed by atoms with Crippen LogP contribution >= 0.6 is 0 Å². The quantitative estimate of drug-likeness (QED) is 0.603. The summed E-state index contributed by atoms with van der Waals surface area (Å²) in [6.45, 7) is 5.40. The van der Waals surface area contributed by atoms with Crippen LogP contribution in [0.5, 0.6) is 0 Å². The van der Waals surface area contributed by atoms with Crippen LogP contribution in [0.1, 0.15) is 25.0 Å². The lowest BCUT2D eigenvalue weighted by molar-refractivity contribution is -0.901. The van der Waals surface area contributed by atoms with Gasteiger partial charge in [-0.05, 0) is 25.0 Å². The molecule has 0 saturated carbocycles. The molecule has 1 N–H and O–H groups in total. The fourth-order valence-corrected chi connectivity index (χ4v) is 2.76. The molecule has 4 nitrogen and oxygen atoms in total. The van der Waals surface area contributed by atoms with Crippen LogP contribution in [0.4, 0.5) is 0 Å². The molecular formula is C21H28ClNO3. The molecule has 1 unspecified atom stereocenters. The van der Waals surface area contributed by atoms with Crippen LogP contribution in [0.25, 0.3) is 0 Å². The first-order valence-corrected chi connectivity index (χ1v) is 8.68. The predicted molar refractivity (Wildman–Crippen MR) is 98.5 cm³/mol. The molecule has 0 radical (unpaired) electrons. The van der Waals surface area contributed by atoms with E-state index in [1.165, 1.54) is 4.90 Å². The molecule has 1 atom stereocenters. The lowest BCUT2D eigenvalue weighted by Gasteiger charge is -2.31. The van der Waals surface area contributed by atoms with Gasteiger partial charge in [0.1, 0.15) is 13.2 Å². The van der Waals surface area contributed by atoms with E-state index in [9.17, 15) is 4.79 Å². The number of hydrogen-bond donors (Lipinski definition) is 1. The summed E-state index contributed by atoms with van der Waals surface area (Å²) in [7, 11) is 3.64. The Hall–Kier alpha value is -1.88. The molecule has 0 saturated heterocycles. The molecule has 0 aliphatic rings. The maximum absolute atomic E-state index is 13.1. The van der Waals surface area contributed by atoms with E-state index in [0.29, 0.717) is 12.6 Å². The van der Waals surface area contributed by atoms with Crippen LogP contribution in [0, 0.1) is 0 Å². The van der Waals surface area contributed by atoms with E-state index < -0.39 is 5.60 Å². The van der Waals surface area contributed by atoms with E-state index in [1.54, 1.807) is 7.11 Å². The lowest BCUT2D eigenvalue weighted by Crippen LogP contribution is -3.12. The summed E-state index contributed by atoms with van der Waals surface area (Å²) in [5, 5.41) is 0. The molecule has 0 aliphatic heterocycles. The van der Waals surface area contributed by atoms with Crippen LogP contribution in [0.3, 0.4) is 0 Å². The minimum absolute atomic E-state index is 0. The summed E-state index contributed by atoms with van der Waals surface area (Å²) >= 11 is 0. The molecule has 0 fully saturated rings. The molecule has 0 bridgehead atoms. The maximum atomic E-state index is 13.1. The summed E-state index contributed by atoms with van der Waals surface area (Å²) in [5.74, 6) is -0.385. The van der Waals surface area contributed by atoms with Gasteiger partial charge in [0, 0.05) is 7.11 Å². The summed E-state index contributed by atoms with van der Waals surface area (Å²) in [4.78, 5) is 14.4. The number of ether oxygens (including phenoxy) is 2. The van der Waals surface area contributed by atoms with E-state index in [-0.39, 0.29) is 18.4 Å². The molecule has 2 rings (SSSR count). The molecule has 142 valence electrons. The molecule has 5 heteroatoms. The SMILES string of the molecule is COC(C(=O)OCC[NH+](C)C(C)C)(c1ccccc1)c1ccccc1.[Cl-]. The van der Waals surface area contributed by atoms with Crippen LogP contribution in [0.2, 0.25) is 0 Å². The first kappa shape index (κ1) is 22.2. The first-order valence-electron chi connectivity index (χ1n) is 8.68. The molecule has 2 aromatic carbocycles. The number of likely N-dealkylation sites (N-methyl/N-ethyl adjacent to an activating group) is 1. The highest BCUT2D eigenvalue weighted by Crippen LogP contribution is 2.34. The number of rotatable bonds is 8. The Morgan fingerprint density at radius 2 is 1.46 bits per heavy atom. The van der Waals surface area contributed by atoms with Gasteiger partial charge < -0.3 is 26.8 Å². The van der Waals surface area contributed by atoms with Crippen molar-refractivity contribution in [2.45, 2.75) is 25.5 Å². The Kier molecular flexibility index (Phi) is 8.79. The molecule has 0 spiro atoms.